The van der Waals surface area contributed by atoms with Gasteiger partial charge in [0.15, 0.2) is 0 Å². The van der Waals surface area contributed by atoms with E-state index in [1.54, 1.807) is 0 Å². The van der Waals surface area contributed by atoms with Gasteiger partial charge in [0.05, 0.1) is 17.5 Å². The van der Waals surface area contributed by atoms with Crippen molar-refractivity contribution in [2.24, 2.45) is 0 Å². The second kappa shape index (κ2) is 3.22. The van der Waals surface area contributed by atoms with E-state index in [4.69, 9.17) is 16.9 Å². The molecule has 1 aromatic rings. The highest BCUT2D eigenvalue weighted by Crippen LogP contribution is 2.11. The molecule has 0 saturated carbocycles. The molecule has 11 heavy (non-hydrogen) atoms. The summed E-state index contributed by atoms with van der Waals surface area (Å²) in [7, 11) is 0. The van der Waals surface area contributed by atoms with Crippen molar-refractivity contribution in [1.82, 2.24) is 4.98 Å². The Morgan fingerprint density at radius 1 is 1.73 bits per heavy atom. The van der Waals surface area contributed by atoms with Gasteiger partial charge in [0.25, 0.3) is 0 Å². The van der Waals surface area contributed by atoms with Crippen LogP contribution < -0.4 is 5.56 Å². The molecular formula is C7H5ClN2O. The smallest absolute Gasteiger partial charge is 0.249 e. The van der Waals surface area contributed by atoms with Gasteiger partial charge in [-0.1, -0.05) is 11.6 Å². The Kier molecular flexibility index (Phi) is 2.29. The van der Waals surface area contributed by atoms with Crippen LogP contribution in [0.5, 0.6) is 0 Å². The predicted molar refractivity (Wildman–Crippen MR) is 41.4 cm³/mol. The topological polar surface area (TPSA) is 56.6 Å². The summed E-state index contributed by atoms with van der Waals surface area (Å²) >= 11 is 5.64. The van der Waals surface area contributed by atoms with E-state index in [1.807, 2.05) is 6.07 Å². The van der Waals surface area contributed by atoms with Gasteiger partial charge in [-0.3, -0.25) is 4.79 Å². The molecule has 1 rings (SSSR count). The highest BCUT2D eigenvalue weighted by Gasteiger charge is 1.98. The molecule has 0 aliphatic rings. The Morgan fingerprint density at radius 2 is 2.45 bits per heavy atom. The van der Waals surface area contributed by atoms with Crippen LogP contribution in [0, 0.1) is 11.3 Å². The predicted octanol–water partition coefficient (Wildman–Crippen LogP) is 1.09. The number of hydrogen-bond acceptors (Lipinski definition) is 2. The molecule has 0 unspecified atom stereocenters. The molecule has 0 saturated heterocycles. The zero-order valence-corrected chi connectivity index (χ0v) is 6.35. The second-order valence-corrected chi connectivity index (χ2v) is 2.41. The summed E-state index contributed by atoms with van der Waals surface area (Å²) in [4.78, 5) is 13.1. The van der Waals surface area contributed by atoms with Crippen LogP contribution in [0.25, 0.3) is 0 Å². The van der Waals surface area contributed by atoms with E-state index in [0.717, 1.165) is 0 Å². The molecule has 1 heterocycles. The molecule has 4 heteroatoms. The lowest BCUT2D eigenvalue weighted by Crippen LogP contribution is -2.03. The van der Waals surface area contributed by atoms with Crippen LogP contribution in [0.15, 0.2) is 17.1 Å². The first-order valence-corrected chi connectivity index (χ1v) is 3.36. The Labute approximate surface area is 68.2 Å². The number of nitrogens with one attached hydrogen (secondary N) is 1. The number of pyridine rings is 1. The third kappa shape index (κ3) is 1.82. The summed E-state index contributed by atoms with van der Waals surface area (Å²) in [5.74, 6) is 0. The van der Waals surface area contributed by atoms with Crippen molar-refractivity contribution in [2.45, 2.75) is 6.42 Å². The number of rotatable bonds is 1. The Morgan fingerprint density at radius 3 is 3.00 bits per heavy atom. The number of nitriles is 1. The molecule has 1 N–H and O–H groups in total. The Balaban J connectivity index is 3.11. The van der Waals surface area contributed by atoms with Gasteiger partial charge >= 0.3 is 0 Å². The first kappa shape index (κ1) is 7.83. The molecule has 0 radical (unpaired) electrons. The lowest BCUT2D eigenvalue weighted by atomic mass is 10.2. The SMILES string of the molecule is N#CCc1c[nH]c(=O)cc1Cl. The lowest BCUT2D eigenvalue weighted by molar-refractivity contribution is 1.15. The second-order valence-electron chi connectivity index (χ2n) is 2.01. The molecule has 1 aromatic heterocycles. The van der Waals surface area contributed by atoms with E-state index in [0.29, 0.717) is 10.6 Å². The third-order valence-electron chi connectivity index (χ3n) is 1.22. The van der Waals surface area contributed by atoms with E-state index in [9.17, 15) is 4.79 Å². The zero-order valence-electron chi connectivity index (χ0n) is 5.60. The van der Waals surface area contributed by atoms with E-state index < -0.39 is 0 Å². The minimum absolute atomic E-state index is 0.218. The maximum absolute atomic E-state index is 10.6. The van der Waals surface area contributed by atoms with Crippen LogP contribution in [0.2, 0.25) is 5.02 Å². The van der Waals surface area contributed by atoms with E-state index in [1.165, 1.54) is 12.3 Å². The highest BCUT2D eigenvalue weighted by atomic mass is 35.5. The number of nitrogens with zero attached hydrogens (tertiary/aromatic N) is 1. The summed E-state index contributed by atoms with van der Waals surface area (Å²) in [6, 6.07) is 3.20. The lowest BCUT2D eigenvalue weighted by Gasteiger charge is -1.94. The number of H-pyrrole nitrogens is 1. The summed E-state index contributed by atoms with van der Waals surface area (Å²) in [6.45, 7) is 0. The van der Waals surface area contributed by atoms with Gasteiger partial charge in [0.1, 0.15) is 0 Å². The van der Waals surface area contributed by atoms with Crippen molar-refractivity contribution in [1.29, 1.82) is 5.26 Å². The Hall–Kier alpha value is -1.27. The largest absolute Gasteiger partial charge is 0.329 e. The van der Waals surface area contributed by atoms with Crippen LogP contribution in [0.3, 0.4) is 0 Å². The molecule has 56 valence electrons. The van der Waals surface area contributed by atoms with Crippen LogP contribution in [0.1, 0.15) is 5.56 Å². The van der Waals surface area contributed by atoms with Gasteiger partial charge in [-0.2, -0.15) is 5.26 Å². The normalized spacial score (nSPS) is 9.09. The fourth-order valence-electron chi connectivity index (χ4n) is 0.697. The molecular weight excluding hydrogens is 164 g/mol. The Bertz CT molecular complexity index is 350. The van der Waals surface area contributed by atoms with Crippen molar-refractivity contribution in [3.63, 3.8) is 0 Å². The molecule has 0 bridgehead atoms. The quantitative estimate of drug-likeness (QED) is 0.683. The van der Waals surface area contributed by atoms with Crippen molar-refractivity contribution in [2.75, 3.05) is 0 Å². The first-order valence-electron chi connectivity index (χ1n) is 2.98. The van der Waals surface area contributed by atoms with Gasteiger partial charge < -0.3 is 4.98 Å². The van der Waals surface area contributed by atoms with Crippen LogP contribution in [0.4, 0.5) is 0 Å². The highest BCUT2D eigenvalue weighted by molar-refractivity contribution is 6.31. The van der Waals surface area contributed by atoms with Gasteiger partial charge in [0, 0.05) is 17.8 Å². The average Bonchev–Trinajstić information content (AvgIpc) is 1.95. The molecule has 0 amide bonds. The number of halogens is 1. The third-order valence-corrected chi connectivity index (χ3v) is 1.57. The molecule has 0 aromatic carbocycles. The molecule has 0 spiro atoms. The van der Waals surface area contributed by atoms with Gasteiger partial charge in [-0.05, 0) is 0 Å². The summed E-state index contributed by atoms with van der Waals surface area (Å²) in [5, 5.41) is 8.66. The van der Waals surface area contributed by atoms with Crippen LogP contribution >= 0.6 is 11.6 Å². The standard InChI is InChI=1S/C7H5ClN2O/c8-6-3-7(11)10-4-5(6)1-2-9/h3-4H,1H2,(H,10,11). The minimum atomic E-state index is -0.253. The number of hydrogen-bond donors (Lipinski definition) is 1. The average molecular weight is 169 g/mol. The molecule has 3 nitrogen and oxygen atoms in total. The van der Waals surface area contributed by atoms with Gasteiger partial charge in [-0.15, -0.1) is 0 Å². The number of aromatic amines is 1. The minimum Gasteiger partial charge on any atom is -0.329 e. The zero-order chi connectivity index (χ0) is 8.27. The first-order chi connectivity index (χ1) is 5.24. The van der Waals surface area contributed by atoms with Crippen molar-refractivity contribution in [3.05, 3.63) is 33.2 Å². The molecule has 0 atom stereocenters. The van der Waals surface area contributed by atoms with Crippen molar-refractivity contribution in [3.8, 4) is 6.07 Å². The van der Waals surface area contributed by atoms with E-state index in [2.05, 4.69) is 4.98 Å². The van der Waals surface area contributed by atoms with Crippen LogP contribution in [-0.4, -0.2) is 4.98 Å². The van der Waals surface area contributed by atoms with Gasteiger partial charge in [-0.25, -0.2) is 0 Å². The molecule has 0 fully saturated rings. The van der Waals surface area contributed by atoms with E-state index >= 15 is 0 Å². The summed E-state index contributed by atoms with van der Waals surface area (Å²) in [6.07, 6.45) is 1.67. The molecule has 0 aliphatic heterocycles. The summed E-state index contributed by atoms with van der Waals surface area (Å²) < 4.78 is 0. The monoisotopic (exact) mass is 168 g/mol. The van der Waals surface area contributed by atoms with E-state index in [-0.39, 0.29) is 12.0 Å². The fraction of sp³-hybridized carbons (Fsp3) is 0.143. The number of aromatic nitrogens is 1. The molecule has 0 aliphatic carbocycles. The van der Waals surface area contributed by atoms with Gasteiger partial charge in [0.2, 0.25) is 5.56 Å². The van der Waals surface area contributed by atoms with Crippen LogP contribution in [-0.2, 0) is 6.42 Å². The summed E-state index contributed by atoms with van der Waals surface area (Å²) in [5.41, 5.74) is 0.394. The maximum Gasteiger partial charge on any atom is 0.249 e. The van der Waals surface area contributed by atoms with Crippen molar-refractivity contribution >= 4 is 11.6 Å². The maximum atomic E-state index is 10.6. The van der Waals surface area contributed by atoms with Crippen molar-refractivity contribution < 1.29 is 0 Å². The fourth-order valence-corrected chi connectivity index (χ4v) is 0.918.